The van der Waals surface area contributed by atoms with Gasteiger partial charge in [0.1, 0.15) is 5.82 Å². The van der Waals surface area contributed by atoms with Gasteiger partial charge in [-0.3, -0.25) is 9.59 Å². The average molecular weight is 354 g/mol. The van der Waals surface area contributed by atoms with Crippen LogP contribution in [-0.4, -0.2) is 18.4 Å². The maximum Gasteiger partial charge on any atom is 0.416 e. The molecule has 0 atom stereocenters. The molecule has 4 nitrogen and oxygen atoms in total. The van der Waals surface area contributed by atoms with Crippen LogP contribution in [0.25, 0.3) is 0 Å². The van der Waals surface area contributed by atoms with E-state index < -0.39 is 29.4 Å². The molecule has 132 valence electrons. The van der Waals surface area contributed by atoms with Crippen LogP contribution in [-0.2, 0) is 22.2 Å². The van der Waals surface area contributed by atoms with E-state index in [4.69, 9.17) is 0 Å². The van der Waals surface area contributed by atoms with Crippen LogP contribution in [0.15, 0.2) is 48.5 Å². The minimum absolute atomic E-state index is 0.0919. The molecule has 0 aliphatic rings. The third-order valence-corrected chi connectivity index (χ3v) is 3.20. The molecule has 0 saturated carbocycles. The molecular formula is C17H14F4N2O2. The lowest BCUT2D eigenvalue weighted by atomic mass is 10.1. The fourth-order valence-electron chi connectivity index (χ4n) is 2.02. The van der Waals surface area contributed by atoms with Crippen molar-refractivity contribution in [1.29, 1.82) is 0 Å². The number of rotatable bonds is 5. The Morgan fingerprint density at radius 3 is 2.24 bits per heavy atom. The number of alkyl halides is 3. The second-order valence-corrected chi connectivity index (χ2v) is 5.21. The smallest absolute Gasteiger partial charge is 0.347 e. The maximum atomic E-state index is 13.0. The lowest BCUT2D eigenvalue weighted by Gasteiger charge is -2.09. The zero-order valence-electron chi connectivity index (χ0n) is 12.9. The lowest BCUT2D eigenvalue weighted by Crippen LogP contribution is -2.33. The normalized spacial score (nSPS) is 11.0. The molecule has 0 unspecified atom stereocenters. The minimum atomic E-state index is -4.45. The molecule has 2 rings (SSSR count). The summed E-state index contributed by atoms with van der Waals surface area (Å²) in [6.45, 7) is -0.352. The van der Waals surface area contributed by atoms with E-state index in [1.54, 1.807) is 6.07 Å². The maximum absolute atomic E-state index is 13.0. The number of benzene rings is 2. The third kappa shape index (κ3) is 5.91. The molecule has 0 aliphatic heterocycles. The van der Waals surface area contributed by atoms with Crippen molar-refractivity contribution in [2.24, 2.45) is 0 Å². The number of nitrogens with one attached hydrogen (secondary N) is 2. The number of carbonyl (C=O) groups excluding carboxylic acids is 2. The highest BCUT2D eigenvalue weighted by atomic mass is 19.4. The highest BCUT2D eigenvalue weighted by Gasteiger charge is 2.29. The molecule has 2 amide bonds. The standard InChI is InChI=1S/C17H14F4N2O2/c18-13-3-1-2-11(8-13)9-15(24)22-10-16(25)23-14-6-4-12(5-7-14)17(19,20)21/h1-8H,9-10H2,(H,22,24)(H,23,25). The van der Waals surface area contributed by atoms with Gasteiger partial charge in [-0.25, -0.2) is 4.39 Å². The van der Waals surface area contributed by atoms with Gasteiger partial charge in [0.05, 0.1) is 18.5 Å². The third-order valence-electron chi connectivity index (χ3n) is 3.20. The Labute approximate surface area is 140 Å². The van der Waals surface area contributed by atoms with Gasteiger partial charge in [-0.2, -0.15) is 13.2 Å². The lowest BCUT2D eigenvalue weighted by molar-refractivity contribution is -0.137. The highest BCUT2D eigenvalue weighted by molar-refractivity contribution is 5.94. The van der Waals surface area contributed by atoms with E-state index in [9.17, 15) is 27.2 Å². The molecule has 0 fully saturated rings. The Bertz CT molecular complexity index is 758. The number of amides is 2. The van der Waals surface area contributed by atoms with Crippen molar-refractivity contribution in [3.8, 4) is 0 Å². The van der Waals surface area contributed by atoms with E-state index in [2.05, 4.69) is 10.6 Å². The van der Waals surface area contributed by atoms with Crippen LogP contribution in [0, 0.1) is 5.82 Å². The zero-order valence-corrected chi connectivity index (χ0v) is 12.9. The van der Waals surface area contributed by atoms with Crippen LogP contribution >= 0.6 is 0 Å². The van der Waals surface area contributed by atoms with Crippen molar-refractivity contribution in [2.45, 2.75) is 12.6 Å². The Morgan fingerprint density at radius 2 is 1.64 bits per heavy atom. The monoisotopic (exact) mass is 354 g/mol. The molecule has 8 heteroatoms. The van der Waals surface area contributed by atoms with Gasteiger partial charge in [0, 0.05) is 5.69 Å². The second-order valence-electron chi connectivity index (χ2n) is 5.21. The van der Waals surface area contributed by atoms with Crippen LogP contribution in [0.2, 0.25) is 0 Å². The highest BCUT2D eigenvalue weighted by Crippen LogP contribution is 2.29. The van der Waals surface area contributed by atoms with E-state index in [0.29, 0.717) is 5.56 Å². The predicted octanol–water partition coefficient (Wildman–Crippen LogP) is 3.14. The topological polar surface area (TPSA) is 58.2 Å². The first-order chi connectivity index (χ1) is 11.7. The van der Waals surface area contributed by atoms with Gasteiger partial charge in [-0.1, -0.05) is 12.1 Å². The SMILES string of the molecule is O=C(Cc1cccc(F)c1)NCC(=O)Nc1ccc(C(F)(F)F)cc1. The van der Waals surface area contributed by atoms with Crippen molar-refractivity contribution < 1.29 is 27.2 Å². The van der Waals surface area contributed by atoms with E-state index in [1.165, 1.54) is 18.2 Å². The van der Waals surface area contributed by atoms with Gasteiger partial charge < -0.3 is 10.6 Å². The Hall–Kier alpha value is -2.90. The van der Waals surface area contributed by atoms with E-state index >= 15 is 0 Å². The van der Waals surface area contributed by atoms with Gasteiger partial charge in [0.25, 0.3) is 0 Å². The Kier molecular flexibility index (Phi) is 5.74. The summed E-state index contributed by atoms with van der Waals surface area (Å²) in [5.74, 6) is -1.54. The summed E-state index contributed by atoms with van der Waals surface area (Å²) in [6.07, 6.45) is -4.54. The molecule has 0 aliphatic carbocycles. The first-order valence-electron chi connectivity index (χ1n) is 7.22. The fraction of sp³-hybridized carbons (Fsp3) is 0.176. The summed E-state index contributed by atoms with van der Waals surface area (Å²) < 4.78 is 50.3. The fourth-order valence-corrected chi connectivity index (χ4v) is 2.02. The van der Waals surface area contributed by atoms with Crippen LogP contribution in [0.5, 0.6) is 0 Å². The molecule has 0 saturated heterocycles. The van der Waals surface area contributed by atoms with Crippen LogP contribution < -0.4 is 10.6 Å². The summed E-state index contributed by atoms with van der Waals surface area (Å²) in [5, 5.41) is 4.72. The first-order valence-corrected chi connectivity index (χ1v) is 7.22. The number of anilines is 1. The molecule has 2 aromatic carbocycles. The van der Waals surface area contributed by atoms with Gasteiger partial charge in [-0.15, -0.1) is 0 Å². The van der Waals surface area contributed by atoms with Crippen LogP contribution in [0.1, 0.15) is 11.1 Å². The molecule has 0 spiro atoms. The van der Waals surface area contributed by atoms with Crippen LogP contribution in [0.3, 0.4) is 0 Å². The quantitative estimate of drug-likeness (QED) is 0.811. The van der Waals surface area contributed by atoms with E-state index in [0.717, 1.165) is 24.3 Å². The van der Waals surface area contributed by atoms with Crippen molar-refractivity contribution in [1.82, 2.24) is 5.32 Å². The van der Waals surface area contributed by atoms with Crippen molar-refractivity contribution in [3.63, 3.8) is 0 Å². The minimum Gasteiger partial charge on any atom is -0.347 e. The summed E-state index contributed by atoms with van der Waals surface area (Å²) in [6, 6.07) is 9.43. The summed E-state index contributed by atoms with van der Waals surface area (Å²) in [4.78, 5) is 23.4. The molecular weight excluding hydrogens is 340 g/mol. The molecule has 25 heavy (non-hydrogen) atoms. The summed E-state index contributed by atoms with van der Waals surface area (Å²) in [5.41, 5.74) is -0.188. The number of halogens is 4. The Balaban J connectivity index is 1.81. The van der Waals surface area contributed by atoms with Crippen LogP contribution in [0.4, 0.5) is 23.2 Å². The van der Waals surface area contributed by atoms with Crippen molar-refractivity contribution >= 4 is 17.5 Å². The molecule has 2 aromatic rings. The number of carbonyl (C=O) groups is 2. The molecule has 0 heterocycles. The predicted molar refractivity (Wildman–Crippen MR) is 83.2 cm³/mol. The summed E-state index contributed by atoms with van der Waals surface area (Å²) in [7, 11) is 0. The molecule has 0 aromatic heterocycles. The second kappa shape index (κ2) is 7.78. The van der Waals surface area contributed by atoms with Gasteiger partial charge >= 0.3 is 6.18 Å². The molecule has 2 N–H and O–H groups in total. The summed E-state index contributed by atoms with van der Waals surface area (Å²) >= 11 is 0. The average Bonchev–Trinajstić information content (AvgIpc) is 2.53. The van der Waals surface area contributed by atoms with Gasteiger partial charge in [-0.05, 0) is 42.0 Å². The van der Waals surface area contributed by atoms with Crippen molar-refractivity contribution in [2.75, 3.05) is 11.9 Å². The molecule has 0 radical (unpaired) electrons. The van der Waals surface area contributed by atoms with Crippen molar-refractivity contribution in [3.05, 3.63) is 65.5 Å². The van der Waals surface area contributed by atoms with Gasteiger partial charge in [0.2, 0.25) is 11.8 Å². The van der Waals surface area contributed by atoms with Gasteiger partial charge in [0.15, 0.2) is 0 Å². The zero-order chi connectivity index (χ0) is 18.4. The largest absolute Gasteiger partial charge is 0.416 e. The van der Waals surface area contributed by atoms with E-state index in [1.807, 2.05) is 0 Å². The molecule has 0 bridgehead atoms. The first kappa shape index (κ1) is 18.4. The Morgan fingerprint density at radius 1 is 0.960 bits per heavy atom. The number of hydrogen-bond donors (Lipinski definition) is 2. The number of hydrogen-bond acceptors (Lipinski definition) is 2. The van der Waals surface area contributed by atoms with E-state index in [-0.39, 0.29) is 18.7 Å².